The predicted octanol–water partition coefficient (Wildman–Crippen LogP) is 1.98. The summed E-state index contributed by atoms with van der Waals surface area (Å²) in [6.45, 7) is 1.73. The molecule has 33 heavy (non-hydrogen) atoms. The molecule has 10 heteroatoms. The minimum absolute atomic E-state index is 0.0713. The van der Waals surface area contributed by atoms with Gasteiger partial charge in [-0.05, 0) is 24.3 Å². The zero-order chi connectivity index (χ0) is 23.9. The first-order valence-corrected chi connectivity index (χ1v) is 11.4. The number of nitrogens with zero attached hydrogens (tertiary/aromatic N) is 3. The van der Waals surface area contributed by atoms with Crippen LogP contribution >= 0.6 is 0 Å². The van der Waals surface area contributed by atoms with Gasteiger partial charge >= 0.3 is 0 Å². The molecule has 0 radical (unpaired) electrons. The second kappa shape index (κ2) is 8.14. The number of hydrogen-bond donors (Lipinski definition) is 0. The number of rotatable bonds is 3. The third-order valence-corrected chi connectivity index (χ3v) is 6.93. The maximum Gasteiger partial charge on any atom is 0.278 e. The molecular formula is C23H19N3O6S. The molecule has 1 aliphatic heterocycles. The number of imide groups is 2. The topological polar surface area (TPSA) is 114 Å². The number of carbonyl (C=O) groups excluding carboxylic acids is 4. The minimum atomic E-state index is -3.97. The van der Waals surface area contributed by atoms with Crippen molar-refractivity contribution < 1.29 is 27.6 Å². The first-order valence-electron chi connectivity index (χ1n) is 9.91. The van der Waals surface area contributed by atoms with Gasteiger partial charge in [-0.25, -0.2) is 17.3 Å². The number of amides is 4. The lowest BCUT2D eigenvalue weighted by Crippen LogP contribution is -2.54. The van der Waals surface area contributed by atoms with Crippen molar-refractivity contribution in [2.45, 2.75) is 18.7 Å². The highest BCUT2D eigenvalue weighted by molar-refractivity contribution is 7.90. The molecule has 0 bridgehead atoms. The Kier molecular flexibility index (Phi) is 5.46. The monoisotopic (exact) mass is 465 g/mol. The van der Waals surface area contributed by atoms with Crippen LogP contribution < -0.4 is 0 Å². The molecule has 0 spiro atoms. The van der Waals surface area contributed by atoms with E-state index in [1.165, 1.54) is 24.4 Å². The zero-order valence-corrected chi connectivity index (χ0v) is 18.6. The van der Waals surface area contributed by atoms with Crippen LogP contribution in [0.3, 0.4) is 0 Å². The summed E-state index contributed by atoms with van der Waals surface area (Å²) in [6, 6.07) is 14.5. The summed E-state index contributed by atoms with van der Waals surface area (Å²) < 4.78 is 27.7. The van der Waals surface area contributed by atoms with Crippen molar-refractivity contribution in [2.75, 3.05) is 6.54 Å². The first kappa shape index (κ1) is 22.2. The molecule has 4 rings (SSSR count). The van der Waals surface area contributed by atoms with Crippen molar-refractivity contribution in [3.63, 3.8) is 0 Å². The van der Waals surface area contributed by atoms with Gasteiger partial charge in [0.15, 0.2) is 0 Å². The van der Waals surface area contributed by atoms with Gasteiger partial charge in [-0.15, -0.1) is 0 Å². The van der Waals surface area contributed by atoms with Crippen molar-refractivity contribution in [1.29, 1.82) is 0 Å². The summed E-state index contributed by atoms with van der Waals surface area (Å²) in [5.74, 6) is -2.88. The molecule has 3 aromatic rings. The van der Waals surface area contributed by atoms with Gasteiger partial charge in [0.25, 0.3) is 21.8 Å². The number of hydrogen-bond acceptors (Lipinski definition) is 6. The molecule has 9 nitrogen and oxygen atoms in total. The van der Waals surface area contributed by atoms with E-state index in [0.717, 1.165) is 22.7 Å². The Morgan fingerprint density at radius 1 is 0.909 bits per heavy atom. The molecule has 0 atom stereocenters. The van der Waals surface area contributed by atoms with Crippen LogP contribution in [0.2, 0.25) is 0 Å². The third-order valence-electron chi connectivity index (χ3n) is 5.24. The van der Waals surface area contributed by atoms with Crippen LogP contribution in [-0.2, 0) is 29.2 Å². The Bertz CT molecular complexity index is 1450. The maximum atomic E-state index is 13.3. The molecule has 1 saturated heterocycles. The van der Waals surface area contributed by atoms with Gasteiger partial charge in [-0.1, -0.05) is 36.4 Å². The van der Waals surface area contributed by atoms with Crippen LogP contribution in [0.1, 0.15) is 19.4 Å². The van der Waals surface area contributed by atoms with Gasteiger partial charge in [0.2, 0.25) is 11.8 Å². The van der Waals surface area contributed by atoms with Crippen molar-refractivity contribution in [3.8, 4) is 0 Å². The number of aromatic nitrogens is 1. The third kappa shape index (κ3) is 3.74. The molecular weight excluding hydrogens is 446 g/mol. The Morgan fingerprint density at radius 2 is 1.55 bits per heavy atom. The van der Waals surface area contributed by atoms with Crippen LogP contribution in [0.4, 0.5) is 0 Å². The van der Waals surface area contributed by atoms with E-state index in [0.29, 0.717) is 15.8 Å². The van der Waals surface area contributed by atoms with Gasteiger partial charge in [-0.2, -0.15) is 0 Å². The molecule has 0 saturated carbocycles. The van der Waals surface area contributed by atoms with E-state index in [9.17, 15) is 27.6 Å². The zero-order valence-electron chi connectivity index (χ0n) is 17.8. The highest BCUT2D eigenvalue weighted by Gasteiger charge is 2.39. The average Bonchev–Trinajstić information content (AvgIpc) is 3.15. The molecule has 2 aromatic carbocycles. The van der Waals surface area contributed by atoms with Gasteiger partial charge < -0.3 is 0 Å². The normalized spacial score (nSPS) is 16.0. The van der Waals surface area contributed by atoms with Crippen molar-refractivity contribution in [2.24, 2.45) is 0 Å². The molecule has 0 aliphatic carbocycles. The summed E-state index contributed by atoms with van der Waals surface area (Å²) in [6.07, 6.45) is 2.58. The summed E-state index contributed by atoms with van der Waals surface area (Å²) in [7, 11) is -3.97. The van der Waals surface area contributed by atoms with E-state index in [1.54, 1.807) is 42.5 Å². The lowest BCUT2D eigenvalue weighted by atomic mass is 10.1. The second-order valence-electron chi connectivity index (χ2n) is 7.40. The van der Waals surface area contributed by atoms with E-state index in [2.05, 4.69) is 0 Å². The quantitative estimate of drug-likeness (QED) is 0.547. The fourth-order valence-electron chi connectivity index (χ4n) is 3.71. The standard InChI is InChI=1S/C23H19N3O6S/c1-15(27)24-14-22(29)26(16(2)28)21(23(24)30)12-17-13-25(20-11-7-6-10-19(17)20)33(31,32)18-8-4-3-5-9-18/h3-13H,14H2,1-2H3/b21-12-. The summed E-state index contributed by atoms with van der Waals surface area (Å²) in [5.41, 5.74) is 0.312. The van der Waals surface area contributed by atoms with E-state index in [-0.39, 0.29) is 16.2 Å². The molecule has 4 amide bonds. The van der Waals surface area contributed by atoms with Crippen LogP contribution in [-0.4, -0.2) is 52.4 Å². The molecule has 1 aromatic heterocycles. The number of fused-ring (bicyclic) bond motifs is 1. The largest absolute Gasteiger partial charge is 0.278 e. The van der Waals surface area contributed by atoms with Crippen LogP contribution in [0.15, 0.2) is 71.4 Å². The smallest absolute Gasteiger partial charge is 0.275 e. The number of benzene rings is 2. The summed E-state index contributed by atoms with van der Waals surface area (Å²) in [4.78, 5) is 51.0. The predicted molar refractivity (Wildman–Crippen MR) is 119 cm³/mol. The average molecular weight is 465 g/mol. The number of carbonyl (C=O) groups is 4. The second-order valence-corrected chi connectivity index (χ2v) is 9.22. The van der Waals surface area contributed by atoms with Crippen molar-refractivity contribution in [3.05, 3.63) is 72.1 Å². The fourth-order valence-corrected chi connectivity index (χ4v) is 5.11. The summed E-state index contributed by atoms with van der Waals surface area (Å²) >= 11 is 0. The van der Waals surface area contributed by atoms with E-state index < -0.39 is 40.2 Å². The highest BCUT2D eigenvalue weighted by atomic mass is 32.2. The van der Waals surface area contributed by atoms with Gasteiger partial charge in [0.05, 0.1) is 10.4 Å². The van der Waals surface area contributed by atoms with Crippen LogP contribution in [0.5, 0.6) is 0 Å². The van der Waals surface area contributed by atoms with Gasteiger partial charge in [0.1, 0.15) is 12.2 Å². The Morgan fingerprint density at radius 3 is 2.18 bits per heavy atom. The molecule has 168 valence electrons. The molecule has 0 N–H and O–H groups in total. The van der Waals surface area contributed by atoms with E-state index in [4.69, 9.17) is 0 Å². The highest BCUT2D eigenvalue weighted by Crippen LogP contribution is 2.29. The SMILES string of the molecule is CC(=O)N1CC(=O)N(C(C)=O)/C(=C\c2cn(S(=O)(=O)c3ccccc3)c3ccccc23)C1=O. The Hall–Kier alpha value is -4.05. The van der Waals surface area contributed by atoms with Crippen molar-refractivity contribution >= 4 is 50.6 Å². The Labute approximate surface area is 189 Å². The van der Waals surface area contributed by atoms with Crippen molar-refractivity contribution in [1.82, 2.24) is 13.8 Å². The van der Waals surface area contributed by atoms with E-state index >= 15 is 0 Å². The van der Waals surface area contributed by atoms with E-state index in [1.807, 2.05) is 0 Å². The van der Waals surface area contributed by atoms with Gasteiger partial charge in [-0.3, -0.25) is 24.1 Å². The maximum absolute atomic E-state index is 13.3. The number of para-hydroxylation sites is 1. The molecule has 1 aliphatic rings. The fraction of sp³-hybridized carbons (Fsp3) is 0.130. The summed E-state index contributed by atoms with van der Waals surface area (Å²) in [5, 5.41) is 0.480. The lowest BCUT2D eigenvalue weighted by molar-refractivity contribution is -0.156. The minimum Gasteiger partial charge on any atom is -0.275 e. The van der Waals surface area contributed by atoms with Crippen LogP contribution in [0, 0.1) is 0 Å². The lowest BCUT2D eigenvalue weighted by Gasteiger charge is -2.32. The molecule has 1 fully saturated rings. The van der Waals surface area contributed by atoms with Crippen LogP contribution in [0.25, 0.3) is 17.0 Å². The molecule has 2 heterocycles. The molecule has 0 unspecified atom stereocenters. The van der Waals surface area contributed by atoms with Gasteiger partial charge in [0, 0.05) is 31.0 Å². The Balaban J connectivity index is 1.95. The number of piperazine rings is 1. The first-order chi connectivity index (χ1) is 15.6.